The van der Waals surface area contributed by atoms with Gasteiger partial charge in [0.15, 0.2) is 0 Å². The zero-order chi connectivity index (χ0) is 8.97. The van der Waals surface area contributed by atoms with E-state index in [2.05, 4.69) is 11.9 Å². The summed E-state index contributed by atoms with van der Waals surface area (Å²) in [7, 11) is 2.10. The Balaban J connectivity index is 2.46. The van der Waals surface area contributed by atoms with Crippen molar-refractivity contribution in [2.24, 2.45) is 5.73 Å². The summed E-state index contributed by atoms with van der Waals surface area (Å²) in [5, 5.41) is 8.94. The van der Waals surface area contributed by atoms with Gasteiger partial charge < -0.3 is 15.7 Å². The first-order valence-electron chi connectivity index (χ1n) is 4.82. The van der Waals surface area contributed by atoms with Crippen molar-refractivity contribution in [3.05, 3.63) is 0 Å². The van der Waals surface area contributed by atoms with Crippen molar-refractivity contribution in [1.29, 1.82) is 0 Å². The van der Waals surface area contributed by atoms with Crippen LogP contribution in [0.1, 0.15) is 25.7 Å². The molecule has 1 heterocycles. The molecule has 0 radical (unpaired) electrons. The van der Waals surface area contributed by atoms with E-state index in [1.165, 1.54) is 19.3 Å². The van der Waals surface area contributed by atoms with E-state index < -0.39 is 0 Å². The monoisotopic (exact) mass is 172 g/mol. The van der Waals surface area contributed by atoms with Gasteiger partial charge in [0.05, 0.1) is 6.61 Å². The van der Waals surface area contributed by atoms with Gasteiger partial charge in [-0.2, -0.15) is 0 Å². The smallest absolute Gasteiger partial charge is 0.0597 e. The molecule has 1 saturated heterocycles. The Bertz CT molecular complexity index is 130. The van der Waals surface area contributed by atoms with Crippen LogP contribution in [0.4, 0.5) is 0 Å². The second-order valence-corrected chi connectivity index (χ2v) is 3.74. The van der Waals surface area contributed by atoms with Crippen molar-refractivity contribution in [3.63, 3.8) is 0 Å². The number of aliphatic hydroxyl groups excluding tert-OH is 1. The number of rotatable bonds is 2. The van der Waals surface area contributed by atoms with Crippen LogP contribution in [0.5, 0.6) is 0 Å². The van der Waals surface area contributed by atoms with Gasteiger partial charge in [0.25, 0.3) is 0 Å². The topological polar surface area (TPSA) is 49.5 Å². The molecule has 12 heavy (non-hydrogen) atoms. The summed E-state index contributed by atoms with van der Waals surface area (Å²) in [5.41, 5.74) is 5.82. The van der Waals surface area contributed by atoms with Gasteiger partial charge in [0, 0.05) is 12.1 Å². The van der Waals surface area contributed by atoms with Crippen molar-refractivity contribution in [2.75, 3.05) is 20.2 Å². The van der Waals surface area contributed by atoms with Crippen LogP contribution in [-0.2, 0) is 0 Å². The van der Waals surface area contributed by atoms with Crippen LogP contribution in [-0.4, -0.2) is 42.3 Å². The van der Waals surface area contributed by atoms with Gasteiger partial charge in [0.1, 0.15) is 0 Å². The number of nitrogens with zero attached hydrogens (tertiary/aromatic N) is 1. The third-order valence-corrected chi connectivity index (χ3v) is 2.78. The summed E-state index contributed by atoms with van der Waals surface area (Å²) in [6.07, 6.45) is 4.96. The fourth-order valence-electron chi connectivity index (χ4n) is 1.94. The first-order valence-corrected chi connectivity index (χ1v) is 4.82. The van der Waals surface area contributed by atoms with Crippen LogP contribution in [0.2, 0.25) is 0 Å². The van der Waals surface area contributed by atoms with E-state index >= 15 is 0 Å². The minimum absolute atomic E-state index is 0.0619. The van der Waals surface area contributed by atoms with Crippen LogP contribution in [0.15, 0.2) is 0 Å². The molecule has 1 aliphatic rings. The van der Waals surface area contributed by atoms with Gasteiger partial charge in [-0.05, 0) is 26.4 Å². The molecule has 2 unspecified atom stereocenters. The summed E-state index contributed by atoms with van der Waals surface area (Å²) in [4.78, 5) is 2.29. The van der Waals surface area contributed by atoms with Gasteiger partial charge in [0.2, 0.25) is 0 Å². The fourth-order valence-corrected chi connectivity index (χ4v) is 1.94. The number of hydrogen-bond donors (Lipinski definition) is 2. The van der Waals surface area contributed by atoms with Crippen LogP contribution in [0, 0.1) is 0 Å². The Labute approximate surface area is 74.5 Å². The zero-order valence-corrected chi connectivity index (χ0v) is 7.87. The minimum atomic E-state index is -0.0619. The standard InChI is InChI=1S/C9H20N2O/c1-11-6-4-2-3-5-9(11)8(10)7-12/h8-9,12H,2-7,10H2,1H3. The molecule has 0 saturated carbocycles. The molecule has 2 atom stereocenters. The predicted molar refractivity (Wildman–Crippen MR) is 49.9 cm³/mol. The number of likely N-dealkylation sites (N-methyl/N-ethyl adjacent to an activating group) is 1. The molecule has 0 amide bonds. The Hall–Kier alpha value is -0.120. The quantitative estimate of drug-likeness (QED) is 0.625. The molecule has 0 spiro atoms. The van der Waals surface area contributed by atoms with E-state index in [4.69, 9.17) is 10.8 Å². The van der Waals surface area contributed by atoms with Crippen LogP contribution < -0.4 is 5.73 Å². The molecule has 3 nitrogen and oxygen atoms in total. The Morgan fingerprint density at radius 1 is 1.50 bits per heavy atom. The number of nitrogens with two attached hydrogens (primary N) is 1. The highest BCUT2D eigenvalue weighted by Gasteiger charge is 2.22. The summed E-state index contributed by atoms with van der Waals surface area (Å²) < 4.78 is 0. The maximum atomic E-state index is 8.94. The summed E-state index contributed by atoms with van der Waals surface area (Å²) in [5.74, 6) is 0. The molecule has 3 N–H and O–H groups in total. The van der Waals surface area contributed by atoms with E-state index in [0.29, 0.717) is 6.04 Å². The molecule has 0 bridgehead atoms. The van der Waals surface area contributed by atoms with Crippen molar-refractivity contribution >= 4 is 0 Å². The van der Waals surface area contributed by atoms with Crippen LogP contribution >= 0.6 is 0 Å². The van der Waals surface area contributed by atoms with Crippen molar-refractivity contribution < 1.29 is 5.11 Å². The molecule has 0 aromatic rings. The van der Waals surface area contributed by atoms with E-state index in [1.807, 2.05) is 0 Å². The maximum Gasteiger partial charge on any atom is 0.0597 e. The molecule has 1 aliphatic heterocycles. The van der Waals surface area contributed by atoms with Crippen molar-refractivity contribution in [2.45, 2.75) is 37.8 Å². The highest BCUT2D eigenvalue weighted by atomic mass is 16.3. The lowest BCUT2D eigenvalue weighted by Gasteiger charge is -2.29. The van der Waals surface area contributed by atoms with Crippen LogP contribution in [0.25, 0.3) is 0 Å². The predicted octanol–water partition coefficient (Wildman–Crippen LogP) is 0.180. The molecule has 72 valence electrons. The molecular weight excluding hydrogens is 152 g/mol. The van der Waals surface area contributed by atoms with Crippen molar-refractivity contribution in [1.82, 2.24) is 4.90 Å². The van der Waals surface area contributed by atoms with Crippen LogP contribution in [0.3, 0.4) is 0 Å². The van der Waals surface area contributed by atoms with Gasteiger partial charge in [-0.3, -0.25) is 0 Å². The molecule has 0 aliphatic carbocycles. The fraction of sp³-hybridized carbons (Fsp3) is 1.00. The van der Waals surface area contributed by atoms with Gasteiger partial charge >= 0.3 is 0 Å². The number of aliphatic hydroxyl groups is 1. The summed E-state index contributed by atoms with van der Waals surface area (Å²) in [6.45, 7) is 1.23. The van der Waals surface area contributed by atoms with Crippen molar-refractivity contribution in [3.8, 4) is 0 Å². The SMILES string of the molecule is CN1CCCCCC1C(N)CO. The molecule has 0 aromatic heterocycles. The Kier molecular flexibility index (Phi) is 3.98. The molecule has 3 heteroatoms. The first kappa shape index (κ1) is 9.96. The molecule has 1 rings (SSSR count). The average molecular weight is 172 g/mol. The second kappa shape index (κ2) is 4.80. The lowest BCUT2D eigenvalue weighted by Crippen LogP contribution is -2.47. The van der Waals surface area contributed by atoms with E-state index in [0.717, 1.165) is 13.0 Å². The van der Waals surface area contributed by atoms with Gasteiger partial charge in [-0.25, -0.2) is 0 Å². The third-order valence-electron chi connectivity index (χ3n) is 2.78. The maximum absolute atomic E-state index is 8.94. The largest absolute Gasteiger partial charge is 0.395 e. The van der Waals surface area contributed by atoms with E-state index in [9.17, 15) is 0 Å². The highest BCUT2D eigenvalue weighted by molar-refractivity contribution is 4.81. The first-order chi connectivity index (χ1) is 5.75. The normalized spacial score (nSPS) is 29.8. The molecule has 1 fully saturated rings. The number of likely N-dealkylation sites (tertiary alicyclic amines) is 1. The Morgan fingerprint density at radius 3 is 2.92 bits per heavy atom. The lowest BCUT2D eigenvalue weighted by atomic mass is 10.0. The minimum Gasteiger partial charge on any atom is -0.395 e. The molecular formula is C9H20N2O. The molecule has 0 aromatic carbocycles. The second-order valence-electron chi connectivity index (χ2n) is 3.74. The van der Waals surface area contributed by atoms with E-state index in [1.54, 1.807) is 0 Å². The summed E-state index contributed by atoms with van der Waals surface area (Å²) >= 11 is 0. The summed E-state index contributed by atoms with van der Waals surface area (Å²) in [6, 6.07) is 0.325. The zero-order valence-electron chi connectivity index (χ0n) is 7.87. The Morgan fingerprint density at radius 2 is 2.25 bits per heavy atom. The lowest BCUT2D eigenvalue weighted by molar-refractivity contribution is 0.160. The van der Waals surface area contributed by atoms with E-state index in [-0.39, 0.29) is 12.6 Å². The van der Waals surface area contributed by atoms with Gasteiger partial charge in [-0.1, -0.05) is 12.8 Å². The number of hydrogen-bond acceptors (Lipinski definition) is 3. The third kappa shape index (κ3) is 2.44. The highest BCUT2D eigenvalue weighted by Crippen LogP contribution is 2.16. The van der Waals surface area contributed by atoms with Gasteiger partial charge in [-0.15, -0.1) is 0 Å². The average Bonchev–Trinajstić information content (AvgIpc) is 2.28.